The maximum absolute atomic E-state index is 11.6. The minimum absolute atomic E-state index is 0.0340. The molecule has 3 heterocycles. The zero-order valence-electron chi connectivity index (χ0n) is 16.3. The molecule has 1 aliphatic rings. The van der Waals surface area contributed by atoms with E-state index in [1.54, 1.807) is 0 Å². The molecule has 12 heteroatoms. The van der Waals surface area contributed by atoms with Crippen LogP contribution in [0.25, 0.3) is 0 Å². The van der Waals surface area contributed by atoms with Gasteiger partial charge in [0.1, 0.15) is 5.82 Å². The standard InChI is InChI=1S/C18H21N7O3S2/c1-11-4-2-3-5-13(11)20-17-22-14(21-16(19)23-17)9-29-18-25-24-15(28-18)8-12-6-7-30(26,27)10-12/h2-5,12H,6-10H2,1H3,(H3,19,20,21,22,23). The number of aromatic nitrogens is 5. The Kier molecular flexibility index (Phi) is 5.86. The number of nitrogens with one attached hydrogen (secondary N) is 1. The van der Waals surface area contributed by atoms with Gasteiger partial charge < -0.3 is 15.5 Å². The molecule has 0 amide bonds. The molecule has 1 fully saturated rings. The number of benzene rings is 1. The number of aryl methyl sites for hydroxylation is 1. The summed E-state index contributed by atoms with van der Waals surface area (Å²) in [5, 5.41) is 11.6. The molecule has 0 spiro atoms. The number of hydrogen-bond acceptors (Lipinski definition) is 11. The van der Waals surface area contributed by atoms with Crippen LogP contribution in [0, 0.1) is 12.8 Å². The summed E-state index contributed by atoms with van der Waals surface area (Å²) in [6, 6.07) is 7.79. The van der Waals surface area contributed by atoms with Crippen molar-refractivity contribution in [3.05, 3.63) is 41.5 Å². The number of rotatable bonds is 7. The highest BCUT2D eigenvalue weighted by Gasteiger charge is 2.29. The highest BCUT2D eigenvalue weighted by molar-refractivity contribution is 7.98. The SMILES string of the molecule is Cc1ccccc1Nc1nc(N)nc(CSc2nnc(CC3CCS(=O)(=O)C3)o2)n1. The van der Waals surface area contributed by atoms with E-state index in [-0.39, 0.29) is 23.4 Å². The fourth-order valence-corrected chi connectivity index (χ4v) is 5.67. The normalized spacial score (nSPS) is 17.8. The molecule has 10 nitrogen and oxygen atoms in total. The molecule has 0 bridgehead atoms. The number of nitrogens with zero attached hydrogens (tertiary/aromatic N) is 5. The average molecular weight is 448 g/mol. The summed E-state index contributed by atoms with van der Waals surface area (Å²) in [7, 11) is -2.92. The molecule has 3 N–H and O–H groups in total. The van der Waals surface area contributed by atoms with E-state index in [1.165, 1.54) is 11.8 Å². The fourth-order valence-electron chi connectivity index (χ4n) is 3.18. The molecule has 1 aliphatic heterocycles. The van der Waals surface area contributed by atoms with Gasteiger partial charge in [-0.2, -0.15) is 15.0 Å². The van der Waals surface area contributed by atoms with E-state index in [0.29, 0.717) is 41.5 Å². The average Bonchev–Trinajstić information content (AvgIpc) is 3.27. The molecule has 1 aromatic carbocycles. The van der Waals surface area contributed by atoms with Crippen molar-refractivity contribution in [2.24, 2.45) is 5.92 Å². The third-order valence-corrected chi connectivity index (χ3v) is 7.31. The topological polar surface area (TPSA) is 150 Å². The van der Waals surface area contributed by atoms with Crippen molar-refractivity contribution in [1.82, 2.24) is 25.1 Å². The van der Waals surface area contributed by atoms with E-state index in [2.05, 4.69) is 30.5 Å². The Balaban J connectivity index is 1.38. The van der Waals surface area contributed by atoms with Crippen LogP contribution in [0.5, 0.6) is 0 Å². The van der Waals surface area contributed by atoms with Crippen LogP contribution >= 0.6 is 11.8 Å². The van der Waals surface area contributed by atoms with Gasteiger partial charge in [0.15, 0.2) is 9.84 Å². The summed E-state index contributed by atoms with van der Waals surface area (Å²) in [5.74, 6) is 2.21. The summed E-state index contributed by atoms with van der Waals surface area (Å²) >= 11 is 1.28. The zero-order chi connectivity index (χ0) is 21.1. The van der Waals surface area contributed by atoms with Crippen molar-refractivity contribution in [1.29, 1.82) is 0 Å². The predicted octanol–water partition coefficient (Wildman–Crippen LogP) is 2.16. The van der Waals surface area contributed by atoms with Crippen LogP contribution < -0.4 is 11.1 Å². The van der Waals surface area contributed by atoms with Gasteiger partial charge in [-0.05, 0) is 30.9 Å². The first-order chi connectivity index (χ1) is 14.4. The first-order valence-electron chi connectivity index (χ1n) is 9.35. The molecule has 4 rings (SSSR count). The van der Waals surface area contributed by atoms with Crippen LogP contribution in [-0.2, 0) is 22.0 Å². The van der Waals surface area contributed by atoms with E-state index in [1.807, 2.05) is 31.2 Å². The van der Waals surface area contributed by atoms with Gasteiger partial charge in [-0.3, -0.25) is 0 Å². The number of nitrogens with two attached hydrogens (primary N) is 1. The van der Waals surface area contributed by atoms with Crippen molar-refractivity contribution in [3.8, 4) is 0 Å². The second kappa shape index (κ2) is 8.56. The number of para-hydroxylation sites is 1. The second-order valence-corrected chi connectivity index (χ2v) is 10.3. The number of anilines is 3. The Morgan fingerprint density at radius 2 is 2.07 bits per heavy atom. The zero-order valence-corrected chi connectivity index (χ0v) is 17.9. The molecule has 3 aromatic rings. The van der Waals surface area contributed by atoms with Crippen LogP contribution in [0.4, 0.5) is 17.6 Å². The lowest BCUT2D eigenvalue weighted by Crippen LogP contribution is -2.07. The predicted molar refractivity (Wildman–Crippen MR) is 113 cm³/mol. The lowest BCUT2D eigenvalue weighted by molar-refractivity contribution is 0.389. The number of nitrogen functional groups attached to an aromatic ring is 1. The van der Waals surface area contributed by atoms with Gasteiger partial charge in [0.25, 0.3) is 5.22 Å². The molecule has 0 radical (unpaired) electrons. The largest absolute Gasteiger partial charge is 0.416 e. The Bertz CT molecular complexity index is 1150. The Hall–Kier alpha value is -2.73. The van der Waals surface area contributed by atoms with Gasteiger partial charge in [0, 0.05) is 12.1 Å². The third-order valence-electron chi connectivity index (χ3n) is 4.65. The monoisotopic (exact) mass is 447 g/mol. The number of thioether (sulfide) groups is 1. The molecule has 0 aliphatic carbocycles. The molecule has 2 aromatic heterocycles. The van der Waals surface area contributed by atoms with E-state index in [0.717, 1.165) is 11.3 Å². The molecule has 158 valence electrons. The number of hydrogen-bond donors (Lipinski definition) is 2. The van der Waals surface area contributed by atoms with E-state index < -0.39 is 9.84 Å². The second-order valence-electron chi connectivity index (χ2n) is 7.10. The highest BCUT2D eigenvalue weighted by atomic mass is 32.2. The first kappa shape index (κ1) is 20.5. The Morgan fingerprint density at radius 1 is 1.23 bits per heavy atom. The van der Waals surface area contributed by atoms with Crippen molar-refractivity contribution in [3.63, 3.8) is 0 Å². The summed E-state index contributed by atoms with van der Waals surface area (Å²) in [4.78, 5) is 12.7. The van der Waals surface area contributed by atoms with Crippen LogP contribution in [-0.4, -0.2) is 45.1 Å². The molecule has 1 saturated heterocycles. The van der Waals surface area contributed by atoms with Crippen LogP contribution in [0.1, 0.15) is 23.7 Å². The van der Waals surface area contributed by atoms with Crippen molar-refractivity contribution < 1.29 is 12.8 Å². The van der Waals surface area contributed by atoms with Gasteiger partial charge in [0.05, 0.1) is 17.3 Å². The van der Waals surface area contributed by atoms with Gasteiger partial charge in [-0.1, -0.05) is 30.0 Å². The van der Waals surface area contributed by atoms with E-state index >= 15 is 0 Å². The maximum atomic E-state index is 11.6. The Morgan fingerprint density at radius 3 is 2.83 bits per heavy atom. The van der Waals surface area contributed by atoms with Crippen molar-refractivity contribution in [2.75, 3.05) is 22.6 Å². The summed E-state index contributed by atoms with van der Waals surface area (Å²) in [5.41, 5.74) is 7.77. The molecule has 30 heavy (non-hydrogen) atoms. The van der Waals surface area contributed by atoms with Crippen molar-refractivity contribution >= 4 is 39.2 Å². The van der Waals surface area contributed by atoms with Crippen LogP contribution in [0.15, 0.2) is 33.9 Å². The van der Waals surface area contributed by atoms with E-state index in [4.69, 9.17) is 10.2 Å². The first-order valence-corrected chi connectivity index (χ1v) is 12.2. The van der Waals surface area contributed by atoms with Gasteiger partial charge >= 0.3 is 0 Å². The summed E-state index contributed by atoms with van der Waals surface area (Å²) in [6.45, 7) is 1.98. The highest BCUT2D eigenvalue weighted by Crippen LogP contribution is 2.25. The Labute approximate surface area is 178 Å². The maximum Gasteiger partial charge on any atom is 0.277 e. The molecule has 0 saturated carbocycles. The molecule has 1 atom stereocenters. The number of sulfone groups is 1. The molecular formula is C18H21N7O3S2. The van der Waals surface area contributed by atoms with Crippen molar-refractivity contribution in [2.45, 2.75) is 30.7 Å². The van der Waals surface area contributed by atoms with Gasteiger partial charge in [-0.25, -0.2) is 8.42 Å². The van der Waals surface area contributed by atoms with E-state index in [9.17, 15) is 8.42 Å². The lowest BCUT2D eigenvalue weighted by Gasteiger charge is -2.09. The minimum Gasteiger partial charge on any atom is -0.416 e. The van der Waals surface area contributed by atoms with Gasteiger partial charge in [0.2, 0.25) is 17.8 Å². The fraction of sp³-hybridized carbons (Fsp3) is 0.389. The molecular weight excluding hydrogens is 426 g/mol. The van der Waals surface area contributed by atoms with Crippen LogP contribution in [0.2, 0.25) is 0 Å². The molecule has 1 unspecified atom stereocenters. The van der Waals surface area contributed by atoms with Gasteiger partial charge in [-0.15, -0.1) is 10.2 Å². The lowest BCUT2D eigenvalue weighted by atomic mass is 10.1. The quantitative estimate of drug-likeness (QED) is 0.513. The minimum atomic E-state index is -2.92. The third kappa shape index (κ3) is 5.25. The van der Waals surface area contributed by atoms with Crippen LogP contribution in [0.3, 0.4) is 0 Å². The smallest absolute Gasteiger partial charge is 0.277 e. The summed E-state index contributed by atoms with van der Waals surface area (Å²) < 4.78 is 28.8. The summed E-state index contributed by atoms with van der Waals surface area (Å²) in [6.07, 6.45) is 1.10.